The first kappa shape index (κ1) is 17.3. The third-order valence-corrected chi connectivity index (χ3v) is 3.76. The first-order valence-electron chi connectivity index (χ1n) is 8.01. The van der Waals surface area contributed by atoms with Gasteiger partial charge in [-0.05, 0) is 47.1 Å². The zero-order chi connectivity index (χ0) is 15.8. The van der Waals surface area contributed by atoms with E-state index in [0.717, 1.165) is 11.1 Å². The molecule has 1 atom stereocenters. The summed E-state index contributed by atoms with van der Waals surface area (Å²) < 4.78 is 0. The Morgan fingerprint density at radius 2 is 1.52 bits per heavy atom. The average molecular weight is 284 g/mol. The van der Waals surface area contributed by atoms with E-state index in [9.17, 15) is 5.11 Å². The molecule has 0 amide bonds. The van der Waals surface area contributed by atoms with Crippen LogP contribution in [0.4, 0.5) is 0 Å². The maximum atomic E-state index is 9.53. The summed E-state index contributed by atoms with van der Waals surface area (Å²) in [5.41, 5.74) is 3.61. The molecule has 2 aromatic carbocycles. The lowest BCUT2D eigenvalue weighted by Crippen LogP contribution is -2.05. The zero-order valence-corrected chi connectivity index (χ0v) is 13.9. The molecule has 1 N–H and O–H groups in total. The van der Waals surface area contributed by atoms with Gasteiger partial charge in [-0.25, -0.2) is 0 Å². The van der Waals surface area contributed by atoms with Crippen molar-refractivity contribution < 1.29 is 5.11 Å². The number of hydrogen-bond donors (Lipinski definition) is 1. The van der Waals surface area contributed by atoms with Crippen LogP contribution in [0.25, 0.3) is 11.1 Å². The van der Waals surface area contributed by atoms with Crippen molar-refractivity contribution in [2.75, 3.05) is 0 Å². The van der Waals surface area contributed by atoms with E-state index in [1.54, 1.807) is 12.1 Å². The molecule has 0 aromatic heterocycles. The summed E-state index contributed by atoms with van der Waals surface area (Å²) in [6.07, 6.45) is 1.17. The van der Waals surface area contributed by atoms with Crippen molar-refractivity contribution in [2.24, 2.45) is 5.92 Å². The van der Waals surface area contributed by atoms with Crippen LogP contribution < -0.4 is 0 Å². The molecule has 2 aromatic rings. The summed E-state index contributed by atoms with van der Waals surface area (Å²) in [6, 6.07) is 16.1. The van der Waals surface area contributed by atoms with Crippen LogP contribution in [0.1, 0.15) is 52.5 Å². The fourth-order valence-electron chi connectivity index (χ4n) is 2.70. The van der Waals surface area contributed by atoms with Gasteiger partial charge in [0.05, 0.1) is 0 Å². The number of hydrogen-bond acceptors (Lipinski definition) is 1. The second kappa shape index (κ2) is 8.51. The lowest BCUT2D eigenvalue weighted by Gasteiger charge is -2.19. The fourth-order valence-corrected chi connectivity index (χ4v) is 2.70. The first-order valence-corrected chi connectivity index (χ1v) is 8.01. The van der Waals surface area contributed by atoms with Crippen molar-refractivity contribution in [1.29, 1.82) is 0 Å². The molecule has 0 aliphatic carbocycles. The van der Waals surface area contributed by atoms with Crippen LogP contribution in [-0.4, -0.2) is 5.11 Å². The maximum Gasteiger partial charge on any atom is 0.116 e. The Hall–Kier alpha value is -1.76. The second-order valence-electron chi connectivity index (χ2n) is 5.43. The maximum absolute atomic E-state index is 9.53. The Bertz CT molecular complexity index is 526. The van der Waals surface area contributed by atoms with Gasteiger partial charge in [-0.3, -0.25) is 0 Å². The van der Waals surface area contributed by atoms with Crippen molar-refractivity contribution in [3.63, 3.8) is 0 Å². The highest BCUT2D eigenvalue weighted by Gasteiger charge is 2.13. The van der Waals surface area contributed by atoms with E-state index in [2.05, 4.69) is 45.0 Å². The van der Waals surface area contributed by atoms with E-state index in [4.69, 9.17) is 0 Å². The third kappa shape index (κ3) is 4.63. The minimum atomic E-state index is 0.315. The van der Waals surface area contributed by atoms with Crippen molar-refractivity contribution in [2.45, 2.75) is 47.0 Å². The number of rotatable bonds is 4. The van der Waals surface area contributed by atoms with Gasteiger partial charge in [0.1, 0.15) is 5.75 Å². The van der Waals surface area contributed by atoms with Crippen LogP contribution in [0.5, 0.6) is 5.75 Å². The van der Waals surface area contributed by atoms with E-state index in [-0.39, 0.29) is 0 Å². The van der Waals surface area contributed by atoms with Gasteiger partial charge in [0, 0.05) is 0 Å². The van der Waals surface area contributed by atoms with Crippen LogP contribution in [0.3, 0.4) is 0 Å². The van der Waals surface area contributed by atoms with Gasteiger partial charge in [-0.2, -0.15) is 0 Å². The number of phenolic OH excluding ortho intramolecular Hbond substituents is 1. The average Bonchev–Trinajstić information content (AvgIpc) is 2.50. The Balaban J connectivity index is 0.00000106. The molecule has 0 aliphatic rings. The molecule has 1 heteroatoms. The van der Waals surface area contributed by atoms with Crippen LogP contribution in [0, 0.1) is 5.92 Å². The summed E-state index contributed by atoms with van der Waals surface area (Å²) >= 11 is 0. The summed E-state index contributed by atoms with van der Waals surface area (Å²) in [5, 5.41) is 9.53. The second-order valence-corrected chi connectivity index (χ2v) is 5.43. The summed E-state index contributed by atoms with van der Waals surface area (Å²) in [7, 11) is 0. The van der Waals surface area contributed by atoms with E-state index >= 15 is 0 Å². The molecule has 0 fully saturated rings. The lowest BCUT2D eigenvalue weighted by atomic mass is 9.86. The normalized spacial score (nSPS) is 11.7. The Morgan fingerprint density at radius 1 is 0.905 bits per heavy atom. The Kier molecular flexibility index (Phi) is 7.01. The van der Waals surface area contributed by atoms with E-state index < -0.39 is 0 Å². The molecular formula is C20H28O. The molecule has 0 spiro atoms. The standard InChI is InChI=1S/C18H22O.C2H6/c1-4-18(13(2)3)15-10-8-14(9-11-15)16-6-5-7-17(19)12-16;1-2/h5-13,18-19H,4H2,1-3H3;1-2H3. The minimum Gasteiger partial charge on any atom is -0.508 e. The predicted molar refractivity (Wildman–Crippen MR) is 92.8 cm³/mol. The summed E-state index contributed by atoms with van der Waals surface area (Å²) in [6.45, 7) is 10.8. The number of phenols is 1. The molecule has 0 bridgehead atoms. The van der Waals surface area contributed by atoms with Crippen molar-refractivity contribution in [3.8, 4) is 16.9 Å². The largest absolute Gasteiger partial charge is 0.508 e. The molecule has 1 unspecified atom stereocenters. The highest BCUT2D eigenvalue weighted by Crippen LogP contribution is 2.30. The third-order valence-electron chi connectivity index (χ3n) is 3.76. The van der Waals surface area contributed by atoms with Crippen molar-refractivity contribution in [1.82, 2.24) is 0 Å². The van der Waals surface area contributed by atoms with Gasteiger partial charge in [-0.1, -0.05) is 71.0 Å². The summed E-state index contributed by atoms with van der Waals surface area (Å²) in [5.74, 6) is 1.60. The van der Waals surface area contributed by atoms with Gasteiger partial charge >= 0.3 is 0 Å². The molecular weight excluding hydrogens is 256 g/mol. The molecule has 0 saturated heterocycles. The highest BCUT2D eigenvalue weighted by molar-refractivity contribution is 5.65. The molecule has 2 rings (SSSR count). The van der Waals surface area contributed by atoms with Crippen LogP contribution >= 0.6 is 0 Å². The Labute approximate surface area is 129 Å². The molecule has 21 heavy (non-hydrogen) atoms. The predicted octanol–water partition coefficient (Wildman–Crippen LogP) is 6.24. The monoisotopic (exact) mass is 284 g/mol. The van der Waals surface area contributed by atoms with Gasteiger partial charge in [0.15, 0.2) is 0 Å². The van der Waals surface area contributed by atoms with E-state index in [0.29, 0.717) is 17.6 Å². The van der Waals surface area contributed by atoms with Gasteiger partial charge in [0.25, 0.3) is 0 Å². The lowest BCUT2D eigenvalue weighted by molar-refractivity contribution is 0.475. The van der Waals surface area contributed by atoms with Crippen LogP contribution in [-0.2, 0) is 0 Å². The van der Waals surface area contributed by atoms with Gasteiger partial charge < -0.3 is 5.11 Å². The zero-order valence-electron chi connectivity index (χ0n) is 13.9. The molecule has 0 heterocycles. The van der Waals surface area contributed by atoms with Gasteiger partial charge in [-0.15, -0.1) is 0 Å². The summed E-state index contributed by atoms with van der Waals surface area (Å²) in [4.78, 5) is 0. The molecule has 114 valence electrons. The molecule has 1 nitrogen and oxygen atoms in total. The molecule has 0 saturated carbocycles. The quantitative estimate of drug-likeness (QED) is 0.705. The molecule has 0 aliphatic heterocycles. The molecule has 0 radical (unpaired) electrons. The van der Waals surface area contributed by atoms with Crippen LogP contribution in [0.2, 0.25) is 0 Å². The number of aromatic hydroxyl groups is 1. The fraction of sp³-hybridized carbons (Fsp3) is 0.400. The number of benzene rings is 2. The van der Waals surface area contributed by atoms with Gasteiger partial charge in [0.2, 0.25) is 0 Å². The van der Waals surface area contributed by atoms with Crippen LogP contribution in [0.15, 0.2) is 48.5 Å². The minimum absolute atomic E-state index is 0.315. The van der Waals surface area contributed by atoms with Crippen molar-refractivity contribution >= 4 is 0 Å². The smallest absolute Gasteiger partial charge is 0.116 e. The topological polar surface area (TPSA) is 20.2 Å². The van der Waals surface area contributed by atoms with E-state index in [1.165, 1.54) is 12.0 Å². The van der Waals surface area contributed by atoms with Crippen molar-refractivity contribution in [3.05, 3.63) is 54.1 Å². The van der Waals surface area contributed by atoms with E-state index in [1.807, 2.05) is 26.0 Å². The first-order chi connectivity index (χ1) is 10.1. The Morgan fingerprint density at radius 3 is 2.00 bits per heavy atom. The SMILES string of the molecule is CC.CCC(c1ccc(-c2cccc(O)c2)cc1)C(C)C. The highest BCUT2D eigenvalue weighted by atomic mass is 16.3.